The van der Waals surface area contributed by atoms with Gasteiger partial charge in [0.1, 0.15) is 5.75 Å². The van der Waals surface area contributed by atoms with Gasteiger partial charge in [0.05, 0.1) is 0 Å². The van der Waals surface area contributed by atoms with Crippen LogP contribution in [0.1, 0.15) is 0 Å². The van der Waals surface area contributed by atoms with E-state index in [1.807, 2.05) is 42.5 Å². The summed E-state index contributed by atoms with van der Waals surface area (Å²) in [5.41, 5.74) is 1.95. The number of phenolic OH excluding ortho intramolecular Hbond substituents is 1. The van der Waals surface area contributed by atoms with Crippen molar-refractivity contribution in [3.05, 3.63) is 66.7 Å². The lowest BCUT2D eigenvalue weighted by Crippen LogP contribution is -1.81. The van der Waals surface area contributed by atoms with Gasteiger partial charge in [-0.25, -0.2) is 4.57 Å². The Morgan fingerprint density at radius 2 is 1.18 bits per heavy atom. The molecule has 4 N–H and O–H groups in total. The Labute approximate surface area is 127 Å². The molecule has 0 unspecified atom stereocenters. The molecule has 3 rings (SSSR count). The van der Waals surface area contributed by atoms with Crippen LogP contribution < -0.4 is 0 Å². The number of hydrogen-bond donors (Lipinski definition) is 4. The van der Waals surface area contributed by atoms with Crippen molar-refractivity contribution >= 4 is 18.6 Å². The molecule has 22 heavy (non-hydrogen) atoms. The summed E-state index contributed by atoms with van der Waals surface area (Å²) >= 11 is 0. The molecule has 0 aliphatic heterocycles. The van der Waals surface area contributed by atoms with E-state index < -0.39 is 7.82 Å². The highest BCUT2D eigenvalue weighted by Gasteiger charge is 2.06. The number of aromatic hydroxyl groups is 1. The van der Waals surface area contributed by atoms with Gasteiger partial charge in [-0.2, -0.15) is 0 Å². The lowest BCUT2D eigenvalue weighted by atomic mass is 9.98. The van der Waals surface area contributed by atoms with Crippen LogP contribution in [0.4, 0.5) is 0 Å². The van der Waals surface area contributed by atoms with Crippen molar-refractivity contribution in [1.82, 2.24) is 0 Å². The van der Waals surface area contributed by atoms with Crippen LogP contribution in [0.2, 0.25) is 0 Å². The molecular weight excluding hydrogens is 303 g/mol. The van der Waals surface area contributed by atoms with Crippen molar-refractivity contribution in [3.63, 3.8) is 0 Å². The van der Waals surface area contributed by atoms with Crippen molar-refractivity contribution in [2.45, 2.75) is 0 Å². The minimum absolute atomic E-state index is 0.323. The van der Waals surface area contributed by atoms with Crippen molar-refractivity contribution in [3.8, 4) is 16.9 Å². The first-order valence-electron chi connectivity index (χ1n) is 6.40. The fourth-order valence-electron chi connectivity index (χ4n) is 2.16. The van der Waals surface area contributed by atoms with E-state index in [1.165, 1.54) is 5.39 Å². The molecule has 5 nitrogen and oxygen atoms in total. The van der Waals surface area contributed by atoms with E-state index in [0.29, 0.717) is 5.75 Å². The summed E-state index contributed by atoms with van der Waals surface area (Å²) in [5, 5.41) is 12.3. The zero-order chi connectivity index (χ0) is 16.2. The minimum Gasteiger partial charge on any atom is -0.507 e. The van der Waals surface area contributed by atoms with Crippen LogP contribution in [-0.4, -0.2) is 19.8 Å². The second-order valence-corrected chi connectivity index (χ2v) is 5.58. The summed E-state index contributed by atoms with van der Waals surface area (Å²) in [6.07, 6.45) is 0. The molecule has 114 valence electrons. The standard InChI is InChI=1S/C16H12O.H3O4P/c17-16-11-4-3-9-15(16)14-10-5-7-12-6-1-2-8-13(12)14;1-5(2,3)4/h1-11,17H;(H3,1,2,3,4). The Hall–Kier alpha value is -2.17. The first-order chi connectivity index (χ1) is 10.4. The van der Waals surface area contributed by atoms with Gasteiger partial charge in [-0.05, 0) is 22.4 Å². The molecule has 0 heterocycles. The molecule has 0 saturated heterocycles. The Balaban J connectivity index is 0.000000309. The van der Waals surface area contributed by atoms with Gasteiger partial charge in [-0.3, -0.25) is 0 Å². The van der Waals surface area contributed by atoms with Crippen LogP contribution in [-0.2, 0) is 4.57 Å². The summed E-state index contributed by atoms with van der Waals surface area (Å²) in [4.78, 5) is 21.6. The Kier molecular flexibility index (Phi) is 4.96. The largest absolute Gasteiger partial charge is 0.507 e. The van der Waals surface area contributed by atoms with Gasteiger partial charge in [0.25, 0.3) is 0 Å². The fraction of sp³-hybridized carbons (Fsp3) is 0. The molecule has 0 aliphatic rings. The molecule has 0 atom stereocenters. The van der Waals surface area contributed by atoms with Crippen LogP contribution in [0, 0.1) is 0 Å². The third-order valence-corrected chi connectivity index (χ3v) is 2.98. The second-order valence-electron chi connectivity index (χ2n) is 4.56. The van der Waals surface area contributed by atoms with Crippen LogP contribution in [0.25, 0.3) is 21.9 Å². The summed E-state index contributed by atoms with van der Waals surface area (Å²) in [5.74, 6) is 0.323. The molecule has 0 radical (unpaired) electrons. The number of para-hydroxylation sites is 1. The topological polar surface area (TPSA) is 98.0 Å². The van der Waals surface area contributed by atoms with Crippen LogP contribution in [0.15, 0.2) is 66.7 Å². The van der Waals surface area contributed by atoms with E-state index in [-0.39, 0.29) is 0 Å². The first kappa shape index (κ1) is 16.2. The summed E-state index contributed by atoms with van der Waals surface area (Å²) in [7, 11) is -4.64. The summed E-state index contributed by atoms with van der Waals surface area (Å²) in [6.45, 7) is 0. The van der Waals surface area contributed by atoms with Crippen LogP contribution in [0.3, 0.4) is 0 Å². The van der Waals surface area contributed by atoms with Gasteiger partial charge in [0, 0.05) is 5.56 Å². The van der Waals surface area contributed by atoms with Gasteiger partial charge >= 0.3 is 7.82 Å². The minimum atomic E-state index is -4.64. The average molecular weight is 318 g/mol. The maximum atomic E-state index is 9.92. The van der Waals surface area contributed by atoms with E-state index in [1.54, 1.807) is 6.07 Å². The highest BCUT2D eigenvalue weighted by molar-refractivity contribution is 7.45. The quantitative estimate of drug-likeness (QED) is 0.516. The number of phosphoric acid groups is 1. The molecule has 0 amide bonds. The molecule has 0 aliphatic carbocycles. The molecule has 3 aromatic rings. The van der Waals surface area contributed by atoms with Gasteiger partial charge < -0.3 is 19.8 Å². The summed E-state index contributed by atoms with van der Waals surface area (Å²) < 4.78 is 8.88. The lowest BCUT2D eigenvalue weighted by molar-refractivity contribution is 0.275. The fourth-order valence-corrected chi connectivity index (χ4v) is 2.16. The van der Waals surface area contributed by atoms with Crippen molar-refractivity contribution < 1.29 is 24.4 Å². The predicted octanol–water partition coefficient (Wildman–Crippen LogP) is 3.28. The van der Waals surface area contributed by atoms with E-state index in [4.69, 9.17) is 19.2 Å². The van der Waals surface area contributed by atoms with Crippen LogP contribution >= 0.6 is 7.82 Å². The van der Waals surface area contributed by atoms with Gasteiger partial charge in [-0.1, -0.05) is 60.7 Å². The normalized spacial score (nSPS) is 10.9. The van der Waals surface area contributed by atoms with Crippen LogP contribution in [0.5, 0.6) is 5.75 Å². The monoisotopic (exact) mass is 318 g/mol. The zero-order valence-electron chi connectivity index (χ0n) is 11.5. The maximum absolute atomic E-state index is 9.92. The third-order valence-electron chi connectivity index (χ3n) is 2.98. The Morgan fingerprint density at radius 1 is 0.682 bits per heavy atom. The van der Waals surface area contributed by atoms with E-state index in [9.17, 15) is 5.11 Å². The summed E-state index contributed by atoms with van der Waals surface area (Å²) in [6, 6.07) is 21.8. The van der Waals surface area contributed by atoms with E-state index in [0.717, 1.165) is 16.5 Å². The van der Waals surface area contributed by atoms with Crippen molar-refractivity contribution in [2.75, 3.05) is 0 Å². The van der Waals surface area contributed by atoms with E-state index >= 15 is 0 Å². The second kappa shape index (κ2) is 6.73. The van der Waals surface area contributed by atoms with Gasteiger partial charge in [-0.15, -0.1) is 0 Å². The number of phenols is 1. The molecule has 0 bridgehead atoms. The highest BCUT2D eigenvalue weighted by Crippen LogP contribution is 2.33. The Morgan fingerprint density at radius 3 is 1.86 bits per heavy atom. The smallest absolute Gasteiger partial charge is 0.466 e. The molecule has 3 aromatic carbocycles. The van der Waals surface area contributed by atoms with E-state index in [2.05, 4.69) is 18.2 Å². The average Bonchev–Trinajstić information content (AvgIpc) is 2.46. The molecule has 6 heteroatoms. The van der Waals surface area contributed by atoms with Gasteiger partial charge in [0.15, 0.2) is 0 Å². The SMILES string of the molecule is O=P(O)(O)O.Oc1ccccc1-c1cccc2ccccc12. The number of benzene rings is 3. The van der Waals surface area contributed by atoms with Crippen molar-refractivity contribution in [1.29, 1.82) is 0 Å². The number of fused-ring (bicyclic) bond motifs is 1. The Bertz CT molecular complexity index is 812. The molecule has 0 saturated carbocycles. The third kappa shape index (κ3) is 4.41. The molecular formula is C16H15O5P. The zero-order valence-corrected chi connectivity index (χ0v) is 12.4. The molecule has 0 aromatic heterocycles. The van der Waals surface area contributed by atoms with Gasteiger partial charge in [0.2, 0.25) is 0 Å². The lowest BCUT2D eigenvalue weighted by Gasteiger charge is -2.08. The number of rotatable bonds is 1. The molecule has 0 spiro atoms. The number of hydrogen-bond acceptors (Lipinski definition) is 2. The predicted molar refractivity (Wildman–Crippen MR) is 85.3 cm³/mol. The first-order valence-corrected chi connectivity index (χ1v) is 7.97. The molecule has 0 fully saturated rings. The maximum Gasteiger partial charge on any atom is 0.466 e. The van der Waals surface area contributed by atoms with Crippen molar-refractivity contribution in [2.24, 2.45) is 0 Å². The highest BCUT2D eigenvalue weighted by atomic mass is 31.2.